The number of pyridine rings is 1. The Morgan fingerprint density at radius 3 is 2.52 bits per heavy atom. The minimum Gasteiger partial charge on any atom is -0.309 e. The maximum Gasteiger partial charge on any atom is 0.237 e. The van der Waals surface area contributed by atoms with Gasteiger partial charge in [0.05, 0.1) is 5.75 Å². The third kappa shape index (κ3) is 4.51. The fourth-order valence-corrected chi connectivity index (χ4v) is 5.28. The summed E-state index contributed by atoms with van der Waals surface area (Å²) >= 11 is 1.50. The van der Waals surface area contributed by atoms with Crippen molar-refractivity contribution in [3.63, 3.8) is 0 Å². The van der Waals surface area contributed by atoms with Gasteiger partial charge in [0.25, 0.3) is 0 Å². The van der Waals surface area contributed by atoms with Crippen LogP contribution in [0.1, 0.15) is 51.0 Å². The summed E-state index contributed by atoms with van der Waals surface area (Å²) in [4.78, 5) is 19.7. The van der Waals surface area contributed by atoms with Gasteiger partial charge >= 0.3 is 0 Å². The molecule has 2 aliphatic rings. The normalized spacial score (nSPS) is 16.9. The minimum absolute atomic E-state index is 0.149. The van der Waals surface area contributed by atoms with Crippen molar-refractivity contribution in [3.8, 4) is 11.4 Å². The number of para-hydroxylation sites is 1. The van der Waals surface area contributed by atoms with Crippen LogP contribution >= 0.6 is 11.8 Å². The Morgan fingerprint density at radius 2 is 1.81 bits per heavy atom. The summed E-state index contributed by atoms with van der Waals surface area (Å²) in [6, 6.07) is 14.7. The van der Waals surface area contributed by atoms with Crippen LogP contribution in [0.25, 0.3) is 11.4 Å². The number of aromatic nitrogens is 4. The number of amides is 1. The minimum atomic E-state index is 0.149. The molecule has 0 atom stereocenters. The second-order valence-corrected chi connectivity index (χ2v) is 9.27. The monoisotopic (exact) mass is 433 g/mol. The maximum absolute atomic E-state index is 13.4. The van der Waals surface area contributed by atoms with Crippen LogP contribution in [-0.2, 0) is 4.79 Å². The number of hydrogen-bond acceptors (Lipinski definition) is 5. The molecule has 0 unspecified atom stereocenters. The first kappa shape index (κ1) is 20.2. The van der Waals surface area contributed by atoms with Crippen LogP contribution in [-0.4, -0.2) is 37.5 Å². The average molecular weight is 434 g/mol. The molecule has 0 aliphatic heterocycles. The molecular formula is C24H27N5OS. The van der Waals surface area contributed by atoms with Crippen LogP contribution < -0.4 is 4.90 Å². The molecule has 2 aliphatic carbocycles. The Hall–Kier alpha value is -2.67. The van der Waals surface area contributed by atoms with E-state index in [1.807, 2.05) is 53.6 Å². The van der Waals surface area contributed by atoms with E-state index in [0.717, 1.165) is 47.9 Å². The third-order valence-corrected chi connectivity index (χ3v) is 6.99. The number of carbonyl (C=O) groups is 1. The van der Waals surface area contributed by atoms with E-state index in [9.17, 15) is 4.79 Å². The van der Waals surface area contributed by atoms with E-state index in [4.69, 9.17) is 0 Å². The van der Waals surface area contributed by atoms with Crippen LogP contribution in [0.3, 0.4) is 0 Å². The Bertz CT molecular complexity index is 1010. The molecule has 7 heteroatoms. The molecule has 2 heterocycles. The van der Waals surface area contributed by atoms with E-state index in [0.29, 0.717) is 11.8 Å². The fraction of sp³-hybridized carbons (Fsp3) is 0.417. The molecule has 1 aromatic carbocycles. The van der Waals surface area contributed by atoms with Crippen molar-refractivity contribution in [1.82, 2.24) is 19.7 Å². The summed E-state index contributed by atoms with van der Waals surface area (Å²) in [6.07, 6.45) is 11.7. The summed E-state index contributed by atoms with van der Waals surface area (Å²) in [5.74, 6) is 1.36. The van der Waals surface area contributed by atoms with E-state index in [1.165, 1.54) is 31.0 Å². The predicted octanol–water partition coefficient (Wildman–Crippen LogP) is 5.13. The van der Waals surface area contributed by atoms with Crippen LogP contribution in [0.4, 0.5) is 5.69 Å². The maximum atomic E-state index is 13.4. The molecule has 1 amide bonds. The lowest BCUT2D eigenvalue weighted by Gasteiger charge is -2.34. The molecule has 2 aromatic heterocycles. The van der Waals surface area contributed by atoms with Gasteiger partial charge in [0.15, 0.2) is 11.0 Å². The number of carbonyl (C=O) groups excluding carboxylic acids is 1. The Kier molecular flexibility index (Phi) is 6.02. The number of thioether (sulfide) groups is 1. The molecule has 31 heavy (non-hydrogen) atoms. The van der Waals surface area contributed by atoms with Crippen molar-refractivity contribution >= 4 is 23.4 Å². The molecule has 160 valence electrons. The Morgan fingerprint density at radius 1 is 1.00 bits per heavy atom. The van der Waals surface area contributed by atoms with Crippen molar-refractivity contribution in [2.24, 2.45) is 0 Å². The van der Waals surface area contributed by atoms with Gasteiger partial charge in [-0.15, -0.1) is 10.2 Å². The topological polar surface area (TPSA) is 63.9 Å². The molecule has 0 radical (unpaired) electrons. The zero-order chi connectivity index (χ0) is 21.0. The van der Waals surface area contributed by atoms with Gasteiger partial charge < -0.3 is 4.90 Å². The van der Waals surface area contributed by atoms with Gasteiger partial charge in [-0.3, -0.25) is 14.3 Å². The van der Waals surface area contributed by atoms with Crippen LogP contribution in [0, 0.1) is 0 Å². The summed E-state index contributed by atoms with van der Waals surface area (Å²) in [7, 11) is 0. The van der Waals surface area contributed by atoms with Gasteiger partial charge in [-0.05, 0) is 49.9 Å². The lowest BCUT2D eigenvalue weighted by Crippen LogP contribution is -2.42. The fourth-order valence-electron chi connectivity index (χ4n) is 4.41. The molecule has 2 fully saturated rings. The van der Waals surface area contributed by atoms with Crippen LogP contribution in [0.5, 0.6) is 0 Å². The first-order valence-corrected chi connectivity index (χ1v) is 12.1. The first-order valence-electron chi connectivity index (χ1n) is 11.2. The van der Waals surface area contributed by atoms with Crippen molar-refractivity contribution in [1.29, 1.82) is 0 Å². The van der Waals surface area contributed by atoms with Gasteiger partial charge in [0, 0.05) is 35.7 Å². The molecule has 6 nitrogen and oxygen atoms in total. The van der Waals surface area contributed by atoms with E-state index >= 15 is 0 Å². The van der Waals surface area contributed by atoms with Crippen molar-refractivity contribution in [2.45, 2.75) is 62.2 Å². The SMILES string of the molecule is O=C(CSc1nnc(-c2cccnc2)n1C1CC1)N(c1ccccc1)C1CCCCC1. The molecule has 0 spiro atoms. The van der Waals surface area contributed by atoms with E-state index in [1.54, 1.807) is 6.20 Å². The highest BCUT2D eigenvalue weighted by molar-refractivity contribution is 7.99. The molecule has 0 N–H and O–H groups in total. The standard InChI is InChI=1S/C24H27N5OS/c30-22(28(19-9-3-1-4-10-19)20-11-5-2-6-12-20)17-31-24-27-26-23(29(24)21-13-14-21)18-8-7-15-25-16-18/h1,3-4,7-10,15-16,20-21H,2,5-6,11-14,17H2. The largest absolute Gasteiger partial charge is 0.309 e. The smallest absolute Gasteiger partial charge is 0.237 e. The van der Waals surface area contributed by atoms with Crippen molar-refractivity contribution in [3.05, 3.63) is 54.9 Å². The molecule has 2 saturated carbocycles. The molecular weight excluding hydrogens is 406 g/mol. The average Bonchev–Trinajstić information content (AvgIpc) is 3.58. The van der Waals surface area contributed by atoms with Crippen molar-refractivity contribution < 1.29 is 4.79 Å². The quantitative estimate of drug-likeness (QED) is 0.483. The van der Waals surface area contributed by atoms with Crippen LogP contribution in [0.2, 0.25) is 0 Å². The summed E-state index contributed by atoms with van der Waals surface area (Å²) < 4.78 is 2.20. The number of rotatable bonds is 7. The van der Waals surface area contributed by atoms with E-state index < -0.39 is 0 Å². The molecule has 0 saturated heterocycles. The number of anilines is 1. The zero-order valence-corrected chi connectivity index (χ0v) is 18.4. The third-order valence-electron chi connectivity index (χ3n) is 6.06. The van der Waals surface area contributed by atoms with Gasteiger partial charge in [-0.1, -0.05) is 49.2 Å². The Balaban J connectivity index is 1.36. The number of nitrogens with zero attached hydrogens (tertiary/aromatic N) is 5. The van der Waals surface area contributed by atoms with Gasteiger partial charge in [-0.25, -0.2) is 0 Å². The van der Waals surface area contributed by atoms with Gasteiger partial charge in [0.1, 0.15) is 0 Å². The van der Waals surface area contributed by atoms with E-state index in [2.05, 4.69) is 19.7 Å². The second-order valence-electron chi connectivity index (χ2n) is 8.33. The molecule has 0 bridgehead atoms. The summed E-state index contributed by atoms with van der Waals surface area (Å²) in [6.45, 7) is 0. The van der Waals surface area contributed by atoms with Crippen molar-refractivity contribution in [2.75, 3.05) is 10.7 Å². The lowest BCUT2D eigenvalue weighted by molar-refractivity contribution is -0.116. The lowest BCUT2D eigenvalue weighted by atomic mass is 9.93. The molecule has 5 rings (SSSR count). The molecule has 3 aromatic rings. The second kappa shape index (κ2) is 9.22. The highest BCUT2D eigenvalue weighted by Crippen LogP contribution is 2.41. The highest BCUT2D eigenvalue weighted by Gasteiger charge is 2.32. The van der Waals surface area contributed by atoms with E-state index in [-0.39, 0.29) is 11.9 Å². The van der Waals surface area contributed by atoms with Gasteiger partial charge in [0.2, 0.25) is 5.91 Å². The summed E-state index contributed by atoms with van der Waals surface area (Å²) in [5, 5.41) is 9.72. The first-order chi connectivity index (χ1) is 15.3. The Labute approximate surface area is 187 Å². The summed E-state index contributed by atoms with van der Waals surface area (Å²) in [5.41, 5.74) is 1.97. The zero-order valence-electron chi connectivity index (χ0n) is 17.6. The predicted molar refractivity (Wildman–Crippen MR) is 123 cm³/mol. The number of benzene rings is 1. The van der Waals surface area contributed by atoms with Gasteiger partial charge in [-0.2, -0.15) is 0 Å². The number of hydrogen-bond donors (Lipinski definition) is 0. The highest BCUT2D eigenvalue weighted by atomic mass is 32.2. The van der Waals surface area contributed by atoms with Crippen LogP contribution in [0.15, 0.2) is 60.0 Å².